The highest BCUT2D eigenvalue weighted by molar-refractivity contribution is 5.88. The monoisotopic (exact) mass is 342 g/mol. The van der Waals surface area contributed by atoms with Crippen LogP contribution in [0.1, 0.15) is 0 Å². The summed E-state index contributed by atoms with van der Waals surface area (Å²) in [6, 6.07) is 8.04. The van der Waals surface area contributed by atoms with Gasteiger partial charge in [0, 0.05) is 19.2 Å². The van der Waals surface area contributed by atoms with Gasteiger partial charge in [-0.1, -0.05) is 6.07 Å². The number of phenolic OH excluding ortho intramolecular Hbond substituents is 1. The number of rotatable bonds is 4. The van der Waals surface area contributed by atoms with E-state index < -0.39 is 0 Å². The Kier molecular flexibility index (Phi) is 3.70. The highest BCUT2D eigenvalue weighted by atomic mass is 16.7. The van der Waals surface area contributed by atoms with Gasteiger partial charge in [0.1, 0.15) is 28.7 Å². The van der Waals surface area contributed by atoms with E-state index in [1.54, 1.807) is 18.2 Å². The third kappa shape index (κ3) is 2.64. The average molecular weight is 342 g/mol. The molecule has 0 bridgehead atoms. The maximum absolute atomic E-state index is 12.8. The molecule has 128 valence electrons. The van der Waals surface area contributed by atoms with Gasteiger partial charge in [0.2, 0.25) is 12.2 Å². The second-order valence-corrected chi connectivity index (χ2v) is 5.41. The summed E-state index contributed by atoms with van der Waals surface area (Å²) in [5, 5.41) is 10.3. The lowest BCUT2D eigenvalue weighted by atomic mass is 10.0. The number of methoxy groups -OCH3 is 1. The Bertz CT molecular complexity index is 1010. The number of phenols is 1. The van der Waals surface area contributed by atoms with Gasteiger partial charge >= 0.3 is 0 Å². The van der Waals surface area contributed by atoms with Crippen molar-refractivity contribution in [2.75, 3.05) is 20.7 Å². The number of fused-ring (bicyclic) bond motifs is 2. The van der Waals surface area contributed by atoms with Gasteiger partial charge in [0.15, 0.2) is 18.3 Å². The quantitative estimate of drug-likeness (QED) is 0.729. The van der Waals surface area contributed by atoms with E-state index >= 15 is 0 Å². The molecule has 7 heteroatoms. The molecule has 7 nitrogen and oxygen atoms in total. The lowest BCUT2D eigenvalue weighted by molar-refractivity contribution is 0.0510. The molecule has 0 saturated heterocycles. The van der Waals surface area contributed by atoms with Crippen molar-refractivity contribution in [3.05, 3.63) is 46.8 Å². The van der Waals surface area contributed by atoms with Gasteiger partial charge in [-0.25, -0.2) is 0 Å². The minimum absolute atomic E-state index is 0.0183. The molecule has 25 heavy (non-hydrogen) atoms. The standard InChI is InChI=1S/C18H14O7/c1-21-8-23-11-5-13(19)17-16(6-11)22-7-12(18(17)20)10-2-3-14-15(4-10)25-9-24-14/h2-7,19H,8-9H2,1H3. The van der Waals surface area contributed by atoms with Crippen LogP contribution in [-0.2, 0) is 4.74 Å². The van der Waals surface area contributed by atoms with E-state index in [9.17, 15) is 9.90 Å². The van der Waals surface area contributed by atoms with E-state index in [2.05, 4.69) is 0 Å². The topological polar surface area (TPSA) is 87.4 Å². The van der Waals surface area contributed by atoms with Crippen LogP contribution in [0, 0.1) is 0 Å². The molecule has 1 aromatic heterocycles. The van der Waals surface area contributed by atoms with E-state index in [1.165, 1.54) is 25.5 Å². The van der Waals surface area contributed by atoms with Crippen molar-refractivity contribution in [1.82, 2.24) is 0 Å². The van der Waals surface area contributed by atoms with Crippen LogP contribution in [0.5, 0.6) is 23.0 Å². The van der Waals surface area contributed by atoms with E-state index in [1.807, 2.05) is 0 Å². The smallest absolute Gasteiger partial charge is 0.231 e. The fourth-order valence-corrected chi connectivity index (χ4v) is 2.68. The molecule has 0 saturated carbocycles. The zero-order valence-electron chi connectivity index (χ0n) is 13.3. The highest BCUT2D eigenvalue weighted by Crippen LogP contribution is 2.36. The maximum Gasteiger partial charge on any atom is 0.231 e. The van der Waals surface area contributed by atoms with Crippen LogP contribution in [0.25, 0.3) is 22.1 Å². The molecule has 4 rings (SSSR count). The van der Waals surface area contributed by atoms with Crippen LogP contribution in [0.3, 0.4) is 0 Å². The van der Waals surface area contributed by atoms with Gasteiger partial charge < -0.3 is 28.5 Å². The van der Waals surface area contributed by atoms with Crippen molar-refractivity contribution in [3.63, 3.8) is 0 Å². The van der Waals surface area contributed by atoms with Crippen molar-refractivity contribution in [2.45, 2.75) is 0 Å². The third-order valence-electron chi connectivity index (χ3n) is 3.86. The normalized spacial score (nSPS) is 12.5. The van der Waals surface area contributed by atoms with Crippen LogP contribution in [0.15, 0.2) is 45.8 Å². The molecule has 1 aliphatic rings. The number of benzene rings is 2. The summed E-state index contributed by atoms with van der Waals surface area (Å²) in [4.78, 5) is 12.8. The maximum atomic E-state index is 12.8. The molecule has 0 spiro atoms. The fraction of sp³-hybridized carbons (Fsp3) is 0.167. The molecule has 1 aliphatic heterocycles. The van der Waals surface area contributed by atoms with Crippen molar-refractivity contribution in [1.29, 1.82) is 0 Å². The van der Waals surface area contributed by atoms with Crippen molar-refractivity contribution < 1.29 is 28.5 Å². The molecule has 0 fully saturated rings. The summed E-state index contributed by atoms with van der Waals surface area (Å²) in [5.74, 6) is 1.30. The SMILES string of the molecule is COCOc1cc(O)c2c(=O)c(-c3ccc4c(c3)OCO4)coc2c1. The largest absolute Gasteiger partial charge is 0.507 e. The Balaban J connectivity index is 1.83. The van der Waals surface area contributed by atoms with E-state index in [-0.39, 0.29) is 35.7 Å². The average Bonchev–Trinajstić information content (AvgIpc) is 3.07. The predicted molar refractivity (Wildman–Crippen MR) is 88.2 cm³/mol. The van der Waals surface area contributed by atoms with Gasteiger partial charge in [-0.15, -0.1) is 0 Å². The molecule has 0 aliphatic carbocycles. The molecule has 3 aromatic rings. The van der Waals surface area contributed by atoms with Gasteiger partial charge in [0.25, 0.3) is 0 Å². The molecule has 0 unspecified atom stereocenters. The molecule has 0 amide bonds. The van der Waals surface area contributed by atoms with E-state index in [0.717, 1.165) is 0 Å². The summed E-state index contributed by atoms with van der Waals surface area (Å²) in [6.07, 6.45) is 1.35. The lowest BCUT2D eigenvalue weighted by Gasteiger charge is -2.08. The molecule has 0 atom stereocenters. The van der Waals surface area contributed by atoms with Crippen LogP contribution < -0.4 is 19.6 Å². The fourth-order valence-electron chi connectivity index (χ4n) is 2.68. The first-order valence-electron chi connectivity index (χ1n) is 7.47. The summed E-state index contributed by atoms with van der Waals surface area (Å²) in [7, 11) is 1.48. The number of hydrogen-bond acceptors (Lipinski definition) is 7. The summed E-state index contributed by atoms with van der Waals surface area (Å²) < 4.78 is 26.2. The first-order chi connectivity index (χ1) is 12.2. The second kappa shape index (κ2) is 6.03. The first kappa shape index (κ1) is 15.3. The minimum atomic E-state index is -0.351. The number of hydrogen-bond donors (Lipinski definition) is 1. The van der Waals surface area contributed by atoms with Crippen LogP contribution in [0.2, 0.25) is 0 Å². The Morgan fingerprint density at radius 1 is 1.16 bits per heavy atom. The zero-order chi connectivity index (χ0) is 17.4. The highest BCUT2D eigenvalue weighted by Gasteiger charge is 2.18. The molecule has 2 heterocycles. The molecule has 1 N–H and O–H groups in total. The Morgan fingerprint density at radius 3 is 2.84 bits per heavy atom. The third-order valence-corrected chi connectivity index (χ3v) is 3.86. The van der Waals surface area contributed by atoms with Crippen LogP contribution in [-0.4, -0.2) is 25.8 Å². The Labute approximate surface area is 141 Å². The Hall–Kier alpha value is -3.19. The number of ether oxygens (including phenoxy) is 4. The van der Waals surface area contributed by atoms with Crippen molar-refractivity contribution in [3.8, 4) is 34.1 Å². The Morgan fingerprint density at radius 2 is 2.00 bits per heavy atom. The summed E-state index contributed by atoms with van der Waals surface area (Å²) >= 11 is 0. The lowest BCUT2D eigenvalue weighted by Crippen LogP contribution is -2.06. The van der Waals surface area contributed by atoms with E-state index in [0.29, 0.717) is 28.4 Å². The van der Waals surface area contributed by atoms with E-state index in [4.69, 9.17) is 23.4 Å². The van der Waals surface area contributed by atoms with Gasteiger partial charge in [-0.2, -0.15) is 0 Å². The molecule has 2 aromatic carbocycles. The molecule has 0 radical (unpaired) electrons. The zero-order valence-corrected chi connectivity index (χ0v) is 13.3. The number of aromatic hydroxyl groups is 1. The van der Waals surface area contributed by atoms with Crippen LogP contribution >= 0.6 is 0 Å². The van der Waals surface area contributed by atoms with Crippen molar-refractivity contribution in [2.24, 2.45) is 0 Å². The summed E-state index contributed by atoms with van der Waals surface area (Å²) in [5.41, 5.74) is 0.794. The summed E-state index contributed by atoms with van der Waals surface area (Å²) in [6.45, 7) is 0.167. The minimum Gasteiger partial charge on any atom is -0.507 e. The van der Waals surface area contributed by atoms with Gasteiger partial charge in [-0.3, -0.25) is 4.79 Å². The predicted octanol–water partition coefficient (Wildman–Crippen LogP) is 2.88. The second-order valence-electron chi connectivity index (χ2n) is 5.41. The van der Waals surface area contributed by atoms with Gasteiger partial charge in [0.05, 0.1) is 5.56 Å². The van der Waals surface area contributed by atoms with Crippen molar-refractivity contribution >= 4 is 11.0 Å². The molecular weight excluding hydrogens is 328 g/mol. The van der Waals surface area contributed by atoms with Gasteiger partial charge in [-0.05, 0) is 17.7 Å². The molecular formula is C18H14O7. The first-order valence-corrected chi connectivity index (χ1v) is 7.47. The van der Waals surface area contributed by atoms with Crippen LogP contribution in [0.4, 0.5) is 0 Å².